The number of rotatable bonds is 1. The highest BCUT2D eigenvalue weighted by Crippen LogP contribution is 2.35. The van der Waals surface area contributed by atoms with E-state index in [9.17, 15) is 0 Å². The molecule has 110 valence electrons. The van der Waals surface area contributed by atoms with Crippen molar-refractivity contribution in [2.45, 2.75) is 40.0 Å². The Morgan fingerprint density at radius 1 is 1.00 bits per heavy atom. The number of ether oxygens (including phenoxy) is 1. The highest BCUT2D eigenvalue weighted by Gasteiger charge is 2.22. The Labute approximate surface area is 132 Å². The fourth-order valence-corrected chi connectivity index (χ4v) is 3.90. The molecule has 1 heterocycles. The first-order valence-electron chi connectivity index (χ1n) is 7.09. The standard InChI is InChI=1S/C19H22OS/c1-13-17(21-14(2)18(13)19(3,4)5)12-9-15-7-10-16(20-6)11-8-15/h7-8,10-11H,1-6H3. The smallest absolute Gasteiger partial charge is 0.118 e. The van der Waals surface area contributed by atoms with Crippen LogP contribution in [0.4, 0.5) is 0 Å². The van der Waals surface area contributed by atoms with E-state index < -0.39 is 0 Å². The summed E-state index contributed by atoms with van der Waals surface area (Å²) in [6, 6.07) is 7.87. The lowest BCUT2D eigenvalue weighted by Crippen LogP contribution is -2.12. The SMILES string of the molecule is COc1ccc(C#Cc2sc(C)c(C(C)(C)C)c2C)cc1. The predicted molar refractivity (Wildman–Crippen MR) is 91.5 cm³/mol. The van der Waals surface area contributed by atoms with Crippen molar-refractivity contribution in [1.82, 2.24) is 0 Å². The average Bonchev–Trinajstić information content (AvgIpc) is 2.71. The Morgan fingerprint density at radius 2 is 1.62 bits per heavy atom. The van der Waals surface area contributed by atoms with E-state index in [0.29, 0.717) is 0 Å². The number of methoxy groups -OCH3 is 1. The van der Waals surface area contributed by atoms with Gasteiger partial charge in [-0.2, -0.15) is 0 Å². The van der Waals surface area contributed by atoms with Crippen molar-refractivity contribution in [3.8, 4) is 17.6 Å². The summed E-state index contributed by atoms with van der Waals surface area (Å²) >= 11 is 1.80. The molecule has 0 saturated carbocycles. The largest absolute Gasteiger partial charge is 0.497 e. The number of thiophene rings is 1. The van der Waals surface area contributed by atoms with E-state index in [0.717, 1.165) is 11.3 Å². The molecule has 0 saturated heterocycles. The molecule has 1 aromatic heterocycles. The second-order valence-corrected chi connectivity index (χ2v) is 7.44. The zero-order chi connectivity index (χ0) is 15.6. The zero-order valence-electron chi connectivity index (χ0n) is 13.6. The van der Waals surface area contributed by atoms with Crippen LogP contribution in [0.3, 0.4) is 0 Å². The van der Waals surface area contributed by atoms with Crippen LogP contribution in [0.15, 0.2) is 24.3 Å². The van der Waals surface area contributed by atoms with Crippen molar-refractivity contribution in [3.05, 3.63) is 50.7 Å². The minimum Gasteiger partial charge on any atom is -0.497 e. The summed E-state index contributed by atoms with van der Waals surface area (Å²) in [6.07, 6.45) is 0. The van der Waals surface area contributed by atoms with Crippen LogP contribution in [0, 0.1) is 25.7 Å². The van der Waals surface area contributed by atoms with Gasteiger partial charge in [0.2, 0.25) is 0 Å². The molecule has 0 amide bonds. The topological polar surface area (TPSA) is 9.23 Å². The zero-order valence-corrected chi connectivity index (χ0v) is 14.4. The summed E-state index contributed by atoms with van der Waals surface area (Å²) < 4.78 is 5.16. The van der Waals surface area contributed by atoms with Crippen molar-refractivity contribution in [2.75, 3.05) is 7.11 Å². The third-order valence-corrected chi connectivity index (χ3v) is 4.61. The fourth-order valence-electron chi connectivity index (χ4n) is 2.67. The monoisotopic (exact) mass is 298 g/mol. The molecule has 0 bridgehead atoms. The molecule has 0 atom stereocenters. The molecule has 0 radical (unpaired) electrons. The number of aryl methyl sites for hydroxylation is 1. The Bertz CT molecular complexity index is 688. The van der Waals surface area contributed by atoms with E-state index >= 15 is 0 Å². The van der Waals surface area contributed by atoms with Crippen molar-refractivity contribution in [3.63, 3.8) is 0 Å². The fraction of sp³-hybridized carbons (Fsp3) is 0.368. The lowest BCUT2D eigenvalue weighted by atomic mass is 9.84. The average molecular weight is 298 g/mol. The van der Waals surface area contributed by atoms with Gasteiger partial charge in [-0.1, -0.05) is 32.6 Å². The molecule has 2 aromatic rings. The lowest BCUT2D eigenvalue weighted by molar-refractivity contribution is 0.415. The first kappa shape index (κ1) is 15.7. The molecule has 1 aromatic carbocycles. The quantitative estimate of drug-likeness (QED) is 0.668. The van der Waals surface area contributed by atoms with Crippen LogP contribution < -0.4 is 4.74 Å². The van der Waals surface area contributed by atoms with Gasteiger partial charge in [-0.05, 0) is 54.7 Å². The van der Waals surface area contributed by atoms with Crippen molar-refractivity contribution in [2.24, 2.45) is 0 Å². The molecule has 0 unspecified atom stereocenters. The maximum Gasteiger partial charge on any atom is 0.118 e. The van der Waals surface area contributed by atoms with E-state index in [1.54, 1.807) is 18.4 Å². The molecule has 0 aliphatic carbocycles. The first-order chi connectivity index (χ1) is 9.82. The predicted octanol–water partition coefficient (Wildman–Crippen LogP) is 5.07. The molecule has 1 nitrogen and oxygen atoms in total. The highest BCUT2D eigenvalue weighted by atomic mass is 32.1. The molecule has 0 spiro atoms. The van der Waals surface area contributed by atoms with Crippen LogP contribution in [-0.2, 0) is 5.41 Å². The van der Waals surface area contributed by atoms with Crippen LogP contribution in [0.25, 0.3) is 0 Å². The second kappa shape index (κ2) is 5.95. The van der Waals surface area contributed by atoms with Gasteiger partial charge < -0.3 is 4.74 Å². The van der Waals surface area contributed by atoms with Gasteiger partial charge in [0.1, 0.15) is 5.75 Å². The van der Waals surface area contributed by atoms with Gasteiger partial charge in [0.25, 0.3) is 0 Å². The molecule has 0 N–H and O–H groups in total. The van der Waals surface area contributed by atoms with Crippen LogP contribution >= 0.6 is 11.3 Å². The van der Waals surface area contributed by atoms with E-state index in [4.69, 9.17) is 4.74 Å². The van der Waals surface area contributed by atoms with Crippen LogP contribution in [0.1, 0.15) is 47.2 Å². The molecular formula is C19H22OS. The van der Waals surface area contributed by atoms with Gasteiger partial charge in [0.05, 0.1) is 12.0 Å². The van der Waals surface area contributed by atoms with Gasteiger partial charge in [-0.25, -0.2) is 0 Å². The highest BCUT2D eigenvalue weighted by molar-refractivity contribution is 7.12. The second-order valence-electron chi connectivity index (χ2n) is 6.22. The van der Waals surface area contributed by atoms with Crippen molar-refractivity contribution >= 4 is 11.3 Å². The van der Waals surface area contributed by atoms with E-state index in [-0.39, 0.29) is 5.41 Å². The summed E-state index contributed by atoms with van der Waals surface area (Å²) in [4.78, 5) is 2.55. The van der Waals surface area contributed by atoms with Gasteiger partial charge in [-0.3, -0.25) is 0 Å². The van der Waals surface area contributed by atoms with Gasteiger partial charge in [0.15, 0.2) is 0 Å². The Balaban J connectivity index is 2.35. The minimum absolute atomic E-state index is 0.171. The Hall–Kier alpha value is -1.72. The molecule has 0 aliphatic heterocycles. The van der Waals surface area contributed by atoms with Crippen LogP contribution in [0.5, 0.6) is 5.75 Å². The first-order valence-corrected chi connectivity index (χ1v) is 7.91. The molecule has 21 heavy (non-hydrogen) atoms. The van der Waals surface area contributed by atoms with Crippen molar-refractivity contribution in [1.29, 1.82) is 0 Å². The molecule has 2 rings (SSSR count). The van der Waals surface area contributed by atoms with Crippen LogP contribution in [-0.4, -0.2) is 7.11 Å². The third-order valence-electron chi connectivity index (χ3n) is 3.48. The Kier molecular flexibility index (Phi) is 4.44. The molecular weight excluding hydrogens is 276 g/mol. The normalized spacial score (nSPS) is 11.0. The van der Waals surface area contributed by atoms with E-state index in [2.05, 4.69) is 46.5 Å². The van der Waals surface area contributed by atoms with E-state index in [1.165, 1.54) is 20.9 Å². The minimum atomic E-state index is 0.171. The van der Waals surface area contributed by atoms with Gasteiger partial charge in [0, 0.05) is 10.4 Å². The maximum absolute atomic E-state index is 5.16. The number of benzene rings is 1. The number of hydrogen-bond acceptors (Lipinski definition) is 2. The van der Waals surface area contributed by atoms with Gasteiger partial charge >= 0.3 is 0 Å². The lowest BCUT2D eigenvalue weighted by Gasteiger charge is -2.20. The molecule has 0 fully saturated rings. The number of hydrogen-bond donors (Lipinski definition) is 0. The summed E-state index contributed by atoms with van der Waals surface area (Å²) in [5.74, 6) is 7.44. The Morgan fingerprint density at radius 3 is 2.10 bits per heavy atom. The third kappa shape index (κ3) is 3.49. The molecule has 0 aliphatic rings. The summed E-state index contributed by atoms with van der Waals surface area (Å²) in [6.45, 7) is 11.2. The van der Waals surface area contributed by atoms with Crippen molar-refractivity contribution < 1.29 is 4.74 Å². The summed E-state index contributed by atoms with van der Waals surface area (Å²) in [7, 11) is 1.67. The van der Waals surface area contributed by atoms with E-state index in [1.807, 2.05) is 24.3 Å². The summed E-state index contributed by atoms with van der Waals surface area (Å²) in [5, 5.41) is 0. The van der Waals surface area contributed by atoms with Crippen LogP contribution in [0.2, 0.25) is 0 Å². The van der Waals surface area contributed by atoms with Gasteiger partial charge in [-0.15, -0.1) is 11.3 Å². The molecule has 2 heteroatoms. The maximum atomic E-state index is 5.16. The summed E-state index contributed by atoms with van der Waals surface area (Å²) in [5.41, 5.74) is 3.95.